The van der Waals surface area contributed by atoms with Crippen LogP contribution in [0.5, 0.6) is 0 Å². The van der Waals surface area contributed by atoms with Crippen LogP contribution in [0, 0.1) is 6.92 Å². The molecule has 2 aliphatic rings. The van der Waals surface area contributed by atoms with Crippen molar-refractivity contribution in [2.24, 2.45) is 0 Å². The van der Waals surface area contributed by atoms with Crippen molar-refractivity contribution >= 4 is 46.3 Å². The van der Waals surface area contributed by atoms with Gasteiger partial charge in [-0.3, -0.25) is 4.79 Å². The molecule has 0 fully saturated rings. The molecule has 4 rings (SSSR count). The van der Waals surface area contributed by atoms with Crippen molar-refractivity contribution < 1.29 is 23.9 Å². The first-order chi connectivity index (χ1) is 19.2. The highest BCUT2D eigenvalue weighted by Gasteiger charge is 2.26. The van der Waals surface area contributed by atoms with Gasteiger partial charge in [0.1, 0.15) is 11.2 Å². The number of carbonyl (C=O) groups is 3. The van der Waals surface area contributed by atoms with E-state index < -0.39 is 11.2 Å². The number of hydrogen-bond acceptors (Lipinski definition) is 6. The Bertz CT molecular complexity index is 1360. The summed E-state index contributed by atoms with van der Waals surface area (Å²) in [6.07, 6.45) is 4.97. The van der Waals surface area contributed by atoms with Crippen LogP contribution in [0.2, 0.25) is 0 Å². The van der Waals surface area contributed by atoms with E-state index in [4.69, 9.17) is 9.47 Å². The third-order valence-corrected chi connectivity index (χ3v) is 7.77. The molecule has 1 aromatic carbocycles. The Morgan fingerprint density at radius 1 is 0.805 bits per heavy atom. The number of thiophene rings is 1. The predicted octanol–water partition coefficient (Wildman–Crippen LogP) is 7.36. The van der Waals surface area contributed by atoms with Crippen molar-refractivity contribution in [3.63, 3.8) is 0 Å². The van der Waals surface area contributed by atoms with Crippen LogP contribution in [0.15, 0.2) is 42.5 Å². The van der Waals surface area contributed by atoms with E-state index in [1.165, 1.54) is 16.9 Å². The predicted molar refractivity (Wildman–Crippen MR) is 164 cm³/mol. The number of carbonyl (C=O) groups excluding carboxylic acids is 3. The smallest absolute Gasteiger partial charge is 0.410 e. The third-order valence-electron chi connectivity index (χ3n) is 6.72. The molecule has 0 unspecified atom stereocenters. The average Bonchev–Trinajstić information content (AvgIpc) is 3.29. The molecule has 0 atom stereocenters. The molecular formula is C32H41N3O5S. The Hall–Kier alpha value is -3.59. The summed E-state index contributed by atoms with van der Waals surface area (Å²) in [6, 6.07) is 9.76. The van der Waals surface area contributed by atoms with Gasteiger partial charge in [0, 0.05) is 36.7 Å². The van der Waals surface area contributed by atoms with Crippen LogP contribution in [0.1, 0.15) is 80.1 Å². The van der Waals surface area contributed by atoms with Crippen LogP contribution in [0.25, 0.3) is 11.1 Å². The minimum Gasteiger partial charge on any atom is -0.444 e. The molecule has 3 heterocycles. The summed E-state index contributed by atoms with van der Waals surface area (Å²) in [6.45, 7) is 15.4. The van der Waals surface area contributed by atoms with E-state index in [0.717, 1.165) is 33.7 Å². The molecule has 0 spiro atoms. The molecule has 0 saturated carbocycles. The Labute approximate surface area is 247 Å². The fourth-order valence-corrected chi connectivity index (χ4v) is 5.65. The molecule has 0 aliphatic carbocycles. The zero-order valence-corrected chi connectivity index (χ0v) is 25.9. The molecule has 0 bridgehead atoms. The van der Waals surface area contributed by atoms with Gasteiger partial charge in [0.15, 0.2) is 0 Å². The first-order valence-electron chi connectivity index (χ1n) is 14.0. The fraction of sp³-hybridized carbons (Fsp3) is 0.469. The summed E-state index contributed by atoms with van der Waals surface area (Å²) < 4.78 is 11.0. The van der Waals surface area contributed by atoms with Crippen molar-refractivity contribution in [2.75, 3.05) is 31.5 Å². The van der Waals surface area contributed by atoms with Crippen LogP contribution in [-0.2, 0) is 9.47 Å². The lowest BCUT2D eigenvalue weighted by molar-refractivity contribution is 0.0260. The molecule has 3 amide bonds. The molecular weight excluding hydrogens is 538 g/mol. The number of rotatable bonds is 4. The molecule has 0 saturated heterocycles. The van der Waals surface area contributed by atoms with Crippen molar-refractivity contribution in [1.82, 2.24) is 9.80 Å². The summed E-state index contributed by atoms with van der Waals surface area (Å²) in [5.41, 5.74) is 4.15. The molecule has 8 nitrogen and oxygen atoms in total. The molecule has 2 aromatic rings. The van der Waals surface area contributed by atoms with E-state index >= 15 is 0 Å². The van der Waals surface area contributed by atoms with E-state index in [0.29, 0.717) is 37.5 Å². The van der Waals surface area contributed by atoms with Crippen molar-refractivity contribution in [3.05, 3.63) is 63.4 Å². The van der Waals surface area contributed by atoms with Crippen molar-refractivity contribution in [1.29, 1.82) is 0 Å². The van der Waals surface area contributed by atoms with Crippen LogP contribution in [0.3, 0.4) is 0 Å². The summed E-state index contributed by atoms with van der Waals surface area (Å²) in [7, 11) is 0. The van der Waals surface area contributed by atoms with Gasteiger partial charge in [0.25, 0.3) is 5.91 Å². The summed E-state index contributed by atoms with van der Waals surface area (Å²) in [4.78, 5) is 42.9. The van der Waals surface area contributed by atoms with Crippen LogP contribution in [-0.4, -0.2) is 65.3 Å². The van der Waals surface area contributed by atoms with E-state index in [-0.39, 0.29) is 18.1 Å². The highest BCUT2D eigenvalue weighted by atomic mass is 32.1. The largest absolute Gasteiger partial charge is 0.444 e. The lowest BCUT2D eigenvalue weighted by Crippen LogP contribution is -2.39. The number of aryl methyl sites for hydroxylation is 1. The standard InChI is InChI=1S/C32H41N3O5S/c1-21-26(24-14-18-35(19-15-24)30(38)40-32(5,6)7)20-27(41-21)28(36)33-25-10-8-22(9-11-25)23-12-16-34(17-13-23)29(37)39-31(2,3)4/h8-12,14,20H,13,15-19H2,1-7H3,(H,33,36). The third kappa shape index (κ3) is 8.22. The normalized spacial score (nSPS) is 16.1. The maximum absolute atomic E-state index is 13.1. The molecule has 1 N–H and O–H groups in total. The Balaban J connectivity index is 1.34. The van der Waals surface area contributed by atoms with Crippen LogP contribution < -0.4 is 5.32 Å². The number of ether oxygens (including phenoxy) is 2. The highest BCUT2D eigenvalue weighted by Crippen LogP contribution is 2.32. The maximum atomic E-state index is 13.1. The van der Waals surface area contributed by atoms with E-state index in [1.54, 1.807) is 9.80 Å². The number of anilines is 1. The van der Waals surface area contributed by atoms with E-state index in [9.17, 15) is 14.4 Å². The quantitative estimate of drug-likeness (QED) is 0.409. The number of hydrogen-bond donors (Lipinski definition) is 1. The number of amides is 3. The van der Waals surface area contributed by atoms with Gasteiger partial charge in [-0.05, 0) is 102 Å². The van der Waals surface area contributed by atoms with E-state index in [2.05, 4.69) is 17.5 Å². The second-order valence-corrected chi connectivity index (χ2v) is 13.7. The minimum atomic E-state index is -0.522. The van der Waals surface area contributed by atoms with Gasteiger partial charge < -0.3 is 24.6 Å². The lowest BCUT2D eigenvalue weighted by Gasteiger charge is -2.29. The molecule has 9 heteroatoms. The van der Waals surface area contributed by atoms with Crippen molar-refractivity contribution in [3.8, 4) is 0 Å². The van der Waals surface area contributed by atoms with Gasteiger partial charge in [-0.15, -0.1) is 11.3 Å². The van der Waals surface area contributed by atoms with Crippen LogP contribution in [0.4, 0.5) is 15.3 Å². The van der Waals surface area contributed by atoms with Crippen LogP contribution >= 0.6 is 11.3 Å². The monoisotopic (exact) mass is 579 g/mol. The minimum absolute atomic E-state index is 0.145. The molecule has 1 aromatic heterocycles. The van der Waals surface area contributed by atoms with Gasteiger partial charge in [-0.1, -0.05) is 24.3 Å². The molecule has 0 radical (unpaired) electrons. The maximum Gasteiger partial charge on any atom is 0.410 e. The Kier molecular flexibility index (Phi) is 8.97. The Morgan fingerprint density at radius 2 is 1.32 bits per heavy atom. The number of benzene rings is 1. The number of nitrogens with one attached hydrogen (secondary N) is 1. The zero-order valence-electron chi connectivity index (χ0n) is 25.1. The summed E-state index contributed by atoms with van der Waals surface area (Å²) in [5, 5.41) is 3.01. The second kappa shape index (κ2) is 12.1. The second-order valence-electron chi connectivity index (χ2n) is 12.4. The highest BCUT2D eigenvalue weighted by molar-refractivity contribution is 7.14. The summed E-state index contributed by atoms with van der Waals surface area (Å²) >= 11 is 1.47. The van der Waals surface area contributed by atoms with Gasteiger partial charge in [0.05, 0.1) is 4.88 Å². The molecule has 2 aliphatic heterocycles. The average molecular weight is 580 g/mol. The van der Waals surface area contributed by atoms with E-state index in [1.807, 2.05) is 78.8 Å². The van der Waals surface area contributed by atoms with Gasteiger partial charge in [-0.2, -0.15) is 0 Å². The molecule has 220 valence electrons. The Morgan fingerprint density at radius 3 is 1.78 bits per heavy atom. The molecule has 41 heavy (non-hydrogen) atoms. The first kappa shape index (κ1) is 30.4. The van der Waals surface area contributed by atoms with Gasteiger partial charge in [-0.25, -0.2) is 9.59 Å². The SMILES string of the molecule is Cc1sc(C(=O)Nc2ccc(C3=CCN(C(=O)OC(C)(C)C)CC3)cc2)cc1C1=CCN(C(=O)OC(C)(C)C)CC1. The lowest BCUT2D eigenvalue weighted by atomic mass is 9.99. The zero-order chi connectivity index (χ0) is 29.9. The number of nitrogens with zero attached hydrogens (tertiary/aromatic N) is 2. The fourth-order valence-electron chi connectivity index (χ4n) is 4.70. The van der Waals surface area contributed by atoms with Gasteiger partial charge in [0.2, 0.25) is 0 Å². The summed E-state index contributed by atoms with van der Waals surface area (Å²) in [5.74, 6) is -0.145. The van der Waals surface area contributed by atoms with Gasteiger partial charge >= 0.3 is 12.2 Å². The topological polar surface area (TPSA) is 88.2 Å². The van der Waals surface area contributed by atoms with Crippen molar-refractivity contribution in [2.45, 2.75) is 72.5 Å². The first-order valence-corrected chi connectivity index (χ1v) is 14.9.